The van der Waals surface area contributed by atoms with Crippen LogP contribution in [0.2, 0.25) is 5.02 Å². The topological polar surface area (TPSA) is 18.5 Å². The van der Waals surface area contributed by atoms with Crippen LogP contribution in [0.25, 0.3) is 0 Å². The van der Waals surface area contributed by atoms with Gasteiger partial charge in [0.25, 0.3) is 0 Å². The molecule has 1 aromatic rings. The number of likely N-dealkylation sites (tertiary alicyclic amines) is 2. The fourth-order valence-corrected chi connectivity index (χ4v) is 4.54. The molecule has 1 unspecified atom stereocenters. The lowest BCUT2D eigenvalue weighted by Gasteiger charge is -2.38. The number of nitrogens with one attached hydrogen (secondary N) is 1. The number of nitrogens with zero attached hydrogens (tertiary/aromatic N) is 2. The number of hydrogen-bond acceptors (Lipinski definition) is 2. The average molecular weight is 380 g/mol. The van der Waals surface area contributed by atoms with Crippen LogP contribution < -0.4 is 5.32 Å². The van der Waals surface area contributed by atoms with Crippen LogP contribution in [0, 0.1) is 0 Å². The average Bonchev–Trinajstić information content (AvgIpc) is 2.91. The van der Waals surface area contributed by atoms with Gasteiger partial charge in [-0.1, -0.05) is 36.6 Å². The minimum Gasteiger partial charge on any atom is -0.346 e. The van der Waals surface area contributed by atoms with Gasteiger partial charge < -0.3 is 15.1 Å². The molecule has 0 aromatic heterocycles. The normalized spacial score (nSPS) is 22.4. The fourth-order valence-electron chi connectivity index (χ4n) is 4.01. The van der Waals surface area contributed by atoms with Gasteiger partial charge in [-0.2, -0.15) is 0 Å². The van der Waals surface area contributed by atoms with Gasteiger partial charge in [0.15, 0.2) is 5.11 Å². The molecule has 0 radical (unpaired) electrons. The van der Waals surface area contributed by atoms with Crippen LogP contribution in [0.4, 0.5) is 5.69 Å². The van der Waals surface area contributed by atoms with Crippen LogP contribution in [0.15, 0.2) is 24.3 Å². The summed E-state index contributed by atoms with van der Waals surface area (Å²) >= 11 is 12.0. The quantitative estimate of drug-likeness (QED) is 0.728. The highest BCUT2D eigenvalue weighted by atomic mass is 35.5. The Hall–Kier alpha value is -0.840. The number of halogens is 1. The SMILES string of the molecule is S=C(Nc1ccccc1Cl)N1CCCCC1CCN1CCCCCC1. The van der Waals surface area contributed by atoms with E-state index < -0.39 is 0 Å². The van der Waals surface area contributed by atoms with E-state index in [1.165, 1.54) is 71.0 Å². The summed E-state index contributed by atoms with van der Waals surface area (Å²) in [5, 5.41) is 4.92. The standard InChI is InChI=1S/C20H30ClN3S/c21-18-10-3-4-11-19(18)22-20(25)24-15-8-5-9-17(24)12-16-23-13-6-1-2-7-14-23/h3-4,10-11,17H,1-2,5-9,12-16H2,(H,22,25). The third-order valence-corrected chi connectivity index (χ3v) is 6.15. The molecule has 1 aromatic carbocycles. The molecule has 138 valence electrons. The monoisotopic (exact) mass is 379 g/mol. The summed E-state index contributed by atoms with van der Waals surface area (Å²) < 4.78 is 0. The number of anilines is 1. The summed E-state index contributed by atoms with van der Waals surface area (Å²) in [7, 11) is 0. The molecule has 0 bridgehead atoms. The third-order valence-electron chi connectivity index (χ3n) is 5.48. The van der Waals surface area contributed by atoms with Gasteiger partial charge in [-0.15, -0.1) is 0 Å². The molecule has 3 nitrogen and oxygen atoms in total. The van der Waals surface area contributed by atoms with E-state index in [0.29, 0.717) is 6.04 Å². The third kappa shape index (κ3) is 5.57. The van der Waals surface area contributed by atoms with Crippen LogP contribution in [0.1, 0.15) is 51.4 Å². The lowest BCUT2D eigenvalue weighted by atomic mass is 9.99. The molecular formula is C20H30ClN3S. The van der Waals surface area contributed by atoms with Crippen molar-refractivity contribution in [3.63, 3.8) is 0 Å². The van der Waals surface area contributed by atoms with Gasteiger partial charge in [-0.3, -0.25) is 0 Å². The highest BCUT2D eigenvalue weighted by Crippen LogP contribution is 2.25. The summed E-state index contributed by atoms with van der Waals surface area (Å²) in [6.07, 6.45) is 10.5. The molecule has 2 aliphatic heterocycles. The zero-order chi connectivity index (χ0) is 17.5. The second kappa shape index (κ2) is 9.75. The zero-order valence-electron chi connectivity index (χ0n) is 15.1. The van der Waals surface area contributed by atoms with Crippen molar-refractivity contribution in [3.8, 4) is 0 Å². The van der Waals surface area contributed by atoms with Gasteiger partial charge in [0.05, 0.1) is 10.7 Å². The predicted molar refractivity (Wildman–Crippen MR) is 112 cm³/mol. The second-order valence-electron chi connectivity index (χ2n) is 7.30. The van der Waals surface area contributed by atoms with Crippen molar-refractivity contribution < 1.29 is 0 Å². The minimum atomic E-state index is 0.555. The predicted octanol–water partition coefficient (Wildman–Crippen LogP) is 5.16. The Labute approximate surface area is 162 Å². The minimum absolute atomic E-state index is 0.555. The molecule has 1 atom stereocenters. The van der Waals surface area contributed by atoms with Crippen LogP contribution in [-0.2, 0) is 0 Å². The molecule has 3 rings (SSSR count). The van der Waals surface area contributed by atoms with Crippen molar-refractivity contribution >= 4 is 34.6 Å². The molecular weight excluding hydrogens is 350 g/mol. The fraction of sp³-hybridized carbons (Fsp3) is 0.650. The van der Waals surface area contributed by atoms with Crippen molar-refractivity contribution in [1.29, 1.82) is 0 Å². The lowest BCUT2D eigenvalue weighted by molar-refractivity contribution is 0.195. The maximum Gasteiger partial charge on any atom is 0.173 e. The summed E-state index contributed by atoms with van der Waals surface area (Å²) in [4.78, 5) is 5.06. The van der Waals surface area contributed by atoms with Crippen molar-refractivity contribution in [3.05, 3.63) is 29.3 Å². The first-order chi connectivity index (χ1) is 12.2. The van der Waals surface area contributed by atoms with Gasteiger partial charge in [-0.05, 0) is 76.0 Å². The summed E-state index contributed by atoms with van der Waals surface area (Å²) in [5.41, 5.74) is 0.908. The van der Waals surface area contributed by atoms with E-state index >= 15 is 0 Å². The van der Waals surface area contributed by atoms with Crippen LogP contribution in [0.5, 0.6) is 0 Å². The molecule has 0 saturated carbocycles. The summed E-state index contributed by atoms with van der Waals surface area (Å²) in [6, 6.07) is 8.38. The number of para-hydroxylation sites is 1. The second-order valence-corrected chi connectivity index (χ2v) is 8.09. The van der Waals surface area contributed by atoms with Gasteiger partial charge in [0, 0.05) is 19.1 Å². The van der Waals surface area contributed by atoms with Crippen LogP contribution >= 0.6 is 23.8 Å². The number of rotatable bonds is 4. The highest BCUT2D eigenvalue weighted by molar-refractivity contribution is 7.80. The molecule has 1 N–H and O–H groups in total. The Balaban J connectivity index is 1.56. The first-order valence-corrected chi connectivity index (χ1v) is 10.6. The van der Waals surface area contributed by atoms with Gasteiger partial charge in [0.1, 0.15) is 0 Å². The maximum absolute atomic E-state index is 6.27. The number of thiocarbonyl (C=S) groups is 1. The van der Waals surface area contributed by atoms with Gasteiger partial charge in [0.2, 0.25) is 0 Å². The molecule has 25 heavy (non-hydrogen) atoms. The van der Waals surface area contributed by atoms with E-state index in [1.54, 1.807) is 0 Å². The van der Waals surface area contributed by atoms with E-state index in [9.17, 15) is 0 Å². The number of piperidine rings is 1. The molecule has 2 fully saturated rings. The van der Waals surface area contributed by atoms with Crippen LogP contribution in [-0.4, -0.2) is 47.1 Å². The Morgan fingerprint density at radius 1 is 1.04 bits per heavy atom. The zero-order valence-corrected chi connectivity index (χ0v) is 16.6. The lowest BCUT2D eigenvalue weighted by Crippen LogP contribution is -2.47. The summed E-state index contributed by atoms with van der Waals surface area (Å²) in [5.74, 6) is 0. The highest BCUT2D eigenvalue weighted by Gasteiger charge is 2.25. The first kappa shape index (κ1) is 18.9. The van der Waals surface area contributed by atoms with Crippen molar-refractivity contribution in [2.45, 2.75) is 57.4 Å². The number of benzene rings is 1. The molecule has 2 saturated heterocycles. The Morgan fingerprint density at radius 2 is 1.76 bits per heavy atom. The van der Waals surface area contributed by atoms with E-state index in [1.807, 2.05) is 24.3 Å². The van der Waals surface area contributed by atoms with Gasteiger partial charge >= 0.3 is 0 Å². The maximum atomic E-state index is 6.27. The van der Waals surface area contributed by atoms with Gasteiger partial charge in [-0.25, -0.2) is 0 Å². The molecule has 5 heteroatoms. The summed E-state index contributed by atoms with van der Waals surface area (Å²) in [6.45, 7) is 4.81. The Kier molecular flexibility index (Phi) is 7.38. The van der Waals surface area contributed by atoms with Crippen molar-refractivity contribution in [2.75, 3.05) is 31.5 Å². The Morgan fingerprint density at radius 3 is 2.52 bits per heavy atom. The smallest absolute Gasteiger partial charge is 0.173 e. The molecule has 2 heterocycles. The van der Waals surface area contributed by atoms with Crippen molar-refractivity contribution in [1.82, 2.24) is 9.80 Å². The molecule has 0 aliphatic carbocycles. The number of hydrogen-bond donors (Lipinski definition) is 1. The van der Waals surface area contributed by atoms with E-state index in [-0.39, 0.29) is 0 Å². The van der Waals surface area contributed by atoms with Crippen LogP contribution in [0.3, 0.4) is 0 Å². The molecule has 2 aliphatic rings. The largest absolute Gasteiger partial charge is 0.346 e. The van der Waals surface area contributed by atoms with E-state index in [4.69, 9.17) is 23.8 Å². The van der Waals surface area contributed by atoms with E-state index in [0.717, 1.165) is 22.4 Å². The first-order valence-electron chi connectivity index (χ1n) is 9.78. The molecule has 0 spiro atoms. The Bertz CT molecular complexity index is 558. The molecule has 0 amide bonds. The van der Waals surface area contributed by atoms with E-state index in [2.05, 4.69) is 15.1 Å². The van der Waals surface area contributed by atoms with Crippen molar-refractivity contribution in [2.24, 2.45) is 0 Å².